The first-order valence-corrected chi connectivity index (χ1v) is 18.0. The SMILES string of the molecule is CCO[C@H]1CN(c2nc(-c3cccc(Cl)c3OCc3cc4c(c(OC)c3)CN(C(=O)OC(C)(C)C)CC4)cs2)CC[C@H]1C(=O)OC(C)(C)C. The molecule has 0 bridgehead atoms. The smallest absolute Gasteiger partial charge is 0.410 e. The largest absolute Gasteiger partial charge is 0.496 e. The Hall–Kier alpha value is -3.54. The Balaban J connectivity index is 1.30. The quantitative estimate of drug-likeness (QED) is 0.205. The van der Waals surface area contributed by atoms with Crippen LogP contribution in [0.5, 0.6) is 11.5 Å². The van der Waals surface area contributed by atoms with Crippen LogP contribution in [0.25, 0.3) is 11.3 Å². The van der Waals surface area contributed by atoms with Gasteiger partial charge in [-0.25, -0.2) is 9.78 Å². The minimum Gasteiger partial charge on any atom is -0.496 e. The van der Waals surface area contributed by atoms with Gasteiger partial charge in [0.1, 0.15) is 29.3 Å². The number of hydrogen-bond donors (Lipinski definition) is 0. The van der Waals surface area contributed by atoms with Gasteiger partial charge in [-0.2, -0.15) is 0 Å². The summed E-state index contributed by atoms with van der Waals surface area (Å²) < 4.78 is 29.5. The Morgan fingerprint density at radius 2 is 1.82 bits per heavy atom. The first kappa shape index (κ1) is 36.7. The van der Waals surface area contributed by atoms with Crippen LogP contribution in [0.2, 0.25) is 5.02 Å². The van der Waals surface area contributed by atoms with Crippen molar-refractivity contribution in [1.29, 1.82) is 0 Å². The fourth-order valence-corrected chi connectivity index (χ4v) is 7.20. The van der Waals surface area contributed by atoms with Crippen molar-refractivity contribution in [3.8, 4) is 22.8 Å². The highest BCUT2D eigenvalue weighted by molar-refractivity contribution is 7.14. The van der Waals surface area contributed by atoms with E-state index >= 15 is 0 Å². The molecule has 0 aliphatic carbocycles. The molecular formula is C37H48ClN3O7S. The third-order valence-corrected chi connectivity index (χ3v) is 9.47. The molecule has 266 valence electrons. The molecule has 0 N–H and O–H groups in total. The Kier molecular flexibility index (Phi) is 11.4. The summed E-state index contributed by atoms with van der Waals surface area (Å²) in [6, 6.07) is 9.71. The van der Waals surface area contributed by atoms with Crippen LogP contribution in [0.3, 0.4) is 0 Å². The second-order valence-electron chi connectivity index (χ2n) is 14.4. The molecule has 2 atom stereocenters. The van der Waals surface area contributed by atoms with Crippen LogP contribution in [0.15, 0.2) is 35.7 Å². The molecule has 2 aliphatic rings. The van der Waals surface area contributed by atoms with Crippen molar-refractivity contribution in [1.82, 2.24) is 9.88 Å². The number of benzene rings is 2. The maximum Gasteiger partial charge on any atom is 0.410 e. The lowest BCUT2D eigenvalue weighted by Crippen LogP contribution is -2.49. The van der Waals surface area contributed by atoms with Gasteiger partial charge in [0, 0.05) is 42.7 Å². The lowest BCUT2D eigenvalue weighted by atomic mass is 9.93. The van der Waals surface area contributed by atoms with Crippen LogP contribution < -0.4 is 14.4 Å². The number of thiazole rings is 1. The van der Waals surface area contributed by atoms with Crippen LogP contribution in [-0.4, -0.2) is 72.6 Å². The summed E-state index contributed by atoms with van der Waals surface area (Å²) in [5, 5.41) is 3.33. The Bertz CT molecular complexity index is 1630. The van der Waals surface area contributed by atoms with E-state index in [2.05, 4.69) is 11.0 Å². The predicted octanol–water partition coefficient (Wildman–Crippen LogP) is 7.92. The van der Waals surface area contributed by atoms with E-state index in [-0.39, 0.29) is 30.7 Å². The van der Waals surface area contributed by atoms with Gasteiger partial charge < -0.3 is 33.5 Å². The van der Waals surface area contributed by atoms with Crippen molar-refractivity contribution in [2.24, 2.45) is 5.92 Å². The maximum absolute atomic E-state index is 13.0. The highest BCUT2D eigenvalue weighted by Crippen LogP contribution is 2.40. The van der Waals surface area contributed by atoms with E-state index in [9.17, 15) is 9.59 Å². The molecule has 2 aliphatic heterocycles. The molecule has 1 amide bonds. The van der Waals surface area contributed by atoms with Crippen molar-refractivity contribution in [2.75, 3.05) is 38.3 Å². The van der Waals surface area contributed by atoms with E-state index in [1.165, 1.54) is 11.3 Å². The number of hydrogen-bond acceptors (Lipinski definition) is 10. The maximum atomic E-state index is 13.0. The van der Waals surface area contributed by atoms with E-state index < -0.39 is 11.2 Å². The number of ether oxygens (including phenoxy) is 5. The number of amides is 1. The van der Waals surface area contributed by atoms with Gasteiger partial charge >= 0.3 is 12.1 Å². The van der Waals surface area contributed by atoms with Crippen LogP contribution in [0.1, 0.15) is 71.6 Å². The van der Waals surface area contributed by atoms with Gasteiger partial charge in [-0.1, -0.05) is 23.7 Å². The zero-order valence-electron chi connectivity index (χ0n) is 29.8. The van der Waals surface area contributed by atoms with Crippen molar-refractivity contribution < 1.29 is 33.3 Å². The highest BCUT2D eigenvalue weighted by Gasteiger charge is 2.38. The Morgan fingerprint density at radius 1 is 1.06 bits per heavy atom. The van der Waals surface area contributed by atoms with Crippen molar-refractivity contribution in [2.45, 2.75) is 91.8 Å². The van der Waals surface area contributed by atoms with E-state index in [1.807, 2.05) is 72.0 Å². The molecular weight excluding hydrogens is 666 g/mol. The molecule has 5 rings (SSSR count). The first-order valence-electron chi connectivity index (χ1n) is 16.8. The summed E-state index contributed by atoms with van der Waals surface area (Å²) in [6.07, 6.45) is 0.670. The number of carbonyl (C=O) groups is 2. The van der Waals surface area contributed by atoms with Gasteiger partial charge in [0.2, 0.25) is 0 Å². The van der Waals surface area contributed by atoms with Gasteiger partial charge in [0.15, 0.2) is 5.13 Å². The van der Waals surface area contributed by atoms with Crippen molar-refractivity contribution in [3.63, 3.8) is 0 Å². The van der Waals surface area contributed by atoms with Crippen LogP contribution in [0.4, 0.5) is 9.93 Å². The normalized spacial score (nSPS) is 18.1. The zero-order chi connectivity index (χ0) is 35.5. The molecule has 49 heavy (non-hydrogen) atoms. The number of methoxy groups -OCH3 is 1. The summed E-state index contributed by atoms with van der Waals surface area (Å²) >= 11 is 8.25. The molecule has 1 aromatic heterocycles. The summed E-state index contributed by atoms with van der Waals surface area (Å²) in [5.41, 5.74) is 3.45. The molecule has 12 heteroatoms. The lowest BCUT2D eigenvalue weighted by molar-refractivity contribution is -0.166. The van der Waals surface area contributed by atoms with E-state index in [4.69, 9.17) is 40.3 Å². The van der Waals surface area contributed by atoms with Gasteiger partial charge in [-0.15, -0.1) is 11.3 Å². The lowest BCUT2D eigenvalue weighted by Gasteiger charge is -2.38. The number of esters is 1. The zero-order valence-corrected chi connectivity index (χ0v) is 31.3. The fourth-order valence-electron chi connectivity index (χ4n) is 6.11. The van der Waals surface area contributed by atoms with Crippen LogP contribution >= 0.6 is 22.9 Å². The number of aromatic nitrogens is 1. The number of fused-ring (bicyclic) bond motifs is 1. The van der Waals surface area contributed by atoms with Gasteiger partial charge in [0.25, 0.3) is 0 Å². The standard InChI is InChI=1S/C37H48ClN3O7S/c1-9-45-31-20-40(16-14-26(31)33(42)47-36(2,3)4)34-39-29(22-49-34)25-11-10-12-28(38)32(25)46-21-23-17-24-13-15-41(35(43)48-37(5,6)7)19-27(24)30(18-23)44-8/h10-12,17-18,22,26,31H,9,13-16,19-21H2,1-8H3/t26-,31+/m1/s1. The number of rotatable bonds is 9. The average molecular weight is 714 g/mol. The van der Waals surface area contributed by atoms with Crippen LogP contribution in [-0.2, 0) is 38.6 Å². The molecule has 1 saturated heterocycles. The Morgan fingerprint density at radius 3 is 2.51 bits per heavy atom. The van der Waals surface area contributed by atoms with E-state index in [0.717, 1.165) is 33.1 Å². The number of piperidine rings is 1. The number of halogens is 1. The third-order valence-electron chi connectivity index (χ3n) is 8.27. The third kappa shape index (κ3) is 9.18. The number of para-hydroxylation sites is 1. The second-order valence-corrected chi connectivity index (χ2v) is 15.6. The molecule has 10 nitrogen and oxygen atoms in total. The molecule has 1 fully saturated rings. The molecule has 2 aromatic carbocycles. The summed E-state index contributed by atoms with van der Waals surface area (Å²) in [6.45, 7) is 16.1. The number of carbonyl (C=O) groups excluding carboxylic acids is 2. The molecule has 3 heterocycles. The minimum atomic E-state index is -0.562. The molecule has 3 aromatic rings. The second kappa shape index (κ2) is 15.1. The predicted molar refractivity (Wildman–Crippen MR) is 192 cm³/mol. The molecule has 0 spiro atoms. The minimum absolute atomic E-state index is 0.217. The van der Waals surface area contributed by atoms with Gasteiger partial charge in [-0.3, -0.25) is 4.79 Å². The van der Waals surface area contributed by atoms with Crippen LogP contribution in [0, 0.1) is 5.92 Å². The summed E-state index contributed by atoms with van der Waals surface area (Å²) in [4.78, 5) is 34.6. The van der Waals surface area contributed by atoms with Gasteiger partial charge in [-0.05, 0) is 90.6 Å². The van der Waals surface area contributed by atoms with Crippen molar-refractivity contribution in [3.05, 3.63) is 57.4 Å². The molecule has 0 saturated carbocycles. The molecule has 0 unspecified atom stereocenters. The number of anilines is 1. The average Bonchev–Trinajstić information content (AvgIpc) is 3.52. The van der Waals surface area contributed by atoms with E-state index in [1.54, 1.807) is 18.1 Å². The highest BCUT2D eigenvalue weighted by atomic mass is 35.5. The topological polar surface area (TPSA) is 99.7 Å². The van der Waals surface area contributed by atoms with Crippen molar-refractivity contribution >= 4 is 40.1 Å². The fraction of sp³-hybridized carbons (Fsp3) is 0.541. The number of nitrogens with zero attached hydrogens (tertiary/aromatic N) is 3. The first-order chi connectivity index (χ1) is 23.2. The summed E-state index contributed by atoms with van der Waals surface area (Å²) in [5.74, 6) is 0.706. The van der Waals surface area contributed by atoms with Gasteiger partial charge in [0.05, 0.1) is 36.4 Å². The van der Waals surface area contributed by atoms with E-state index in [0.29, 0.717) is 62.1 Å². The molecule has 0 radical (unpaired) electrons. The summed E-state index contributed by atoms with van der Waals surface area (Å²) in [7, 11) is 1.63. The Labute approximate surface area is 298 Å². The monoisotopic (exact) mass is 713 g/mol.